The quantitative estimate of drug-likeness (QED) is 0.391. The van der Waals surface area contributed by atoms with Crippen LogP contribution in [-0.4, -0.2) is 73.4 Å². The number of hydrogen-bond donors (Lipinski definition) is 1. The Hall–Kier alpha value is -3.65. The maximum absolute atomic E-state index is 12.6. The Morgan fingerprint density at radius 3 is 2.33 bits per heavy atom. The van der Waals surface area contributed by atoms with E-state index >= 15 is 0 Å². The van der Waals surface area contributed by atoms with Gasteiger partial charge in [-0.05, 0) is 39.0 Å². The number of hydrogen-bond acceptors (Lipinski definition) is 7. The topological polar surface area (TPSA) is 107 Å². The van der Waals surface area contributed by atoms with E-state index in [1.54, 1.807) is 15.4 Å². The lowest BCUT2D eigenvalue weighted by molar-refractivity contribution is -0.130. The van der Waals surface area contributed by atoms with Crippen LogP contribution in [0.5, 0.6) is 0 Å². The minimum atomic E-state index is -0.0861. The fraction of sp³-hybridized carbons (Fsp3) is 0.370. The Bertz CT molecular complexity index is 1470. The van der Waals surface area contributed by atoms with Crippen molar-refractivity contribution >= 4 is 42.1 Å². The van der Waals surface area contributed by atoms with Crippen LogP contribution in [0.25, 0.3) is 27.8 Å². The second-order valence-electron chi connectivity index (χ2n) is 10.4. The number of anilines is 1. The van der Waals surface area contributed by atoms with Gasteiger partial charge in [-0.1, -0.05) is 0 Å². The fourth-order valence-electron chi connectivity index (χ4n) is 4.52. The summed E-state index contributed by atoms with van der Waals surface area (Å²) in [6.45, 7) is 9.32. The van der Waals surface area contributed by atoms with Crippen molar-refractivity contribution in [3.8, 4) is 28.3 Å². The van der Waals surface area contributed by atoms with E-state index in [9.17, 15) is 10.1 Å². The summed E-state index contributed by atoms with van der Waals surface area (Å²) in [5.41, 5.74) is 4.88. The normalized spacial score (nSPS) is 13.5. The first kappa shape index (κ1) is 29.9. The lowest BCUT2D eigenvalue weighted by Crippen LogP contribution is -2.52. The van der Waals surface area contributed by atoms with Gasteiger partial charge in [0.25, 0.3) is 0 Å². The number of amides is 1. The highest BCUT2D eigenvalue weighted by Crippen LogP contribution is 2.32. The third kappa shape index (κ3) is 6.50. The summed E-state index contributed by atoms with van der Waals surface area (Å²) in [5, 5.41) is 21.6. The summed E-state index contributed by atoms with van der Waals surface area (Å²) in [4.78, 5) is 21.4. The number of nitriles is 1. The third-order valence-corrected chi connectivity index (χ3v) is 6.56. The molecule has 5 heterocycles. The zero-order valence-electron chi connectivity index (χ0n) is 22.5. The van der Waals surface area contributed by atoms with Gasteiger partial charge in [0, 0.05) is 79.6 Å². The average molecular weight is 571 g/mol. The number of aryl methyl sites for hydroxylation is 1. The number of carbonyl (C=O) groups is 1. The molecule has 1 aliphatic rings. The van der Waals surface area contributed by atoms with Gasteiger partial charge in [0.2, 0.25) is 5.91 Å². The summed E-state index contributed by atoms with van der Waals surface area (Å²) in [5.74, 6) is 1.00. The molecular formula is C27H33Cl2N9O. The van der Waals surface area contributed by atoms with Crippen molar-refractivity contribution in [1.82, 2.24) is 34.6 Å². The third-order valence-electron chi connectivity index (χ3n) is 6.56. The van der Waals surface area contributed by atoms with Crippen molar-refractivity contribution in [2.24, 2.45) is 7.05 Å². The highest BCUT2D eigenvalue weighted by molar-refractivity contribution is 5.87. The second-order valence-corrected chi connectivity index (χ2v) is 10.4. The van der Waals surface area contributed by atoms with Crippen LogP contribution in [0.2, 0.25) is 0 Å². The maximum atomic E-state index is 12.6. The number of nitrogens with zero attached hydrogens (tertiary/aromatic N) is 8. The lowest BCUT2D eigenvalue weighted by Gasteiger charge is -2.36. The van der Waals surface area contributed by atoms with Gasteiger partial charge < -0.3 is 15.1 Å². The van der Waals surface area contributed by atoms with E-state index in [-0.39, 0.29) is 36.3 Å². The zero-order chi connectivity index (χ0) is 26.2. The highest BCUT2D eigenvalue weighted by atomic mass is 35.5. The number of nitrogens with one attached hydrogen (secondary N) is 1. The molecular weight excluding hydrogens is 537 g/mol. The lowest BCUT2D eigenvalue weighted by atomic mass is 10.0. The Kier molecular flexibility index (Phi) is 9.22. The van der Waals surface area contributed by atoms with E-state index in [4.69, 9.17) is 4.98 Å². The van der Waals surface area contributed by atoms with Gasteiger partial charge in [-0.3, -0.25) is 9.48 Å². The fourth-order valence-corrected chi connectivity index (χ4v) is 4.52. The molecule has 1 saturated heterocycles. The first-order valence-corrected chi connectivity index (χ1v) is 12.4. The summed E-state index contributed by atoms with van der Waals surface area (Å²) >= 11 is 0. The van der Waals surface area contributed by atoms with Crippen molar-refractivity contribution in [3.05, 3.63) is 54.7 Å². The monoisotopic (exact) mass is 569 g/mol. The molecule has 0 radical (unpaired) electrons. The Balaban J connectivity index is 0.00000210. The summed E-state index contributed by atoms with van der Waals surface area (Å²) in [6.07, 6.45) is 9.10. The summed E-state index contributed by atoms with van der Waals surface area (Å²) < 4.78 is 3.50. The van der Waals surface area contributed by atoms with Crippen LogP contribution in [0.1, 0.15) is 26.3 Å². The van der Waals surface area contributed by atoms with Crippen LogP contribution >= 0.6 is 24.8 Å². The molecule has 0 spiro atoms. The maximum Gasteiger partial charge on any atom is 0.236 e. The molecule has 0 aliphatic carbocycles. The molecule has 0 unspecified atom stereocenters. The number of halogens is 2. The van der Waals surface area contributed by atoms with E-state index in [1.165, 1.54) is 0 Å². The van der Waals surface area contributed by atoms with Gasteiger partial charge >= 0.3 is 0 Å². The molecule has 4 aromatic rings. The van der Waals surface area contributed by atoms with Crippen LogP contribution in [-0.2, 0) is 11.8 Å². The van der Waals surface area contributed by atoms with Gasteiger partial charge in [-0.2, -0.15) is 15.5 Å². The number of aromatic nitrogens is 5. The smallest absolute Gasteiger partial charge is 0.236 e. The van der Waals surface area contributed by atoms with Gasteiger partial charge in [0.05, 0.1) is 30.0 Å². The number of pyridine rings is 2. The largest absolute Gasteiger partial charge is 0.353 e. The van der Waals surface area contributed by atoms with Crippen molar-refractivity contribution < 1.29 is 4.79 Å². The predicted octanol–water partition coefficient (Wildman–Crippen LogP) is 3.55. The minimum absolute atomic E-state index is 0. The number of fused-ring (bicyclic) bond motifs is 1. The van der Waals surface area contributed by atoms with E-state index in [0.29, 0.717) is 25.2 Å². The Morgan fingerprint density at radius 1 is 1.00 bits per heavy atom. The molecule has 12 heteroatoms. The van der Waals surface area contributed by atoms with Gasteiger partial charge in [-0.15, -0.1) is 24.8 Å². The Labute approximate surface area is 240 Å². The molecule has 1 aliphatic heterocycles. The molecule has 206 valence electrons. The molecule has 0 atom stereocenters. The SMILES string of the molecule is Cl.Cl.Cn1cc(-c2cc(-c3ccc(N4CCN(C(=O)CNC(C)(C)C)CC4)nc3)c3c(C#N)cnn3c2)cn1. The molecule has 4 aromatic heterocycles. The minimum Gasteiger partial charge on any atom is -0.353 e. The number of piperazine rings is 1. The first-order chi connectivity index (χ1) is 17.7. The van der Waals surface area contributed by atoms with E-state index < -0.39 is 0 Å². The molecule has 1 N–H and O–H groups in total. The van der Waals surface area contributed by atoms with Crippen LogP contribution in [0.4, 0.5) is 5.82 Å². The number of rotatable bonds is 5. The molecule has 5 rings (SSSR count). The van der Waals surface area contributed by atoms with Crippen LogP contribution in [0.15, 0.2) is 49.2 Å². The second kappa shape index (κ2) is 12.0. The highest BCUT2D eigenvalue weighted by Gasteiger charge is 2.23. The number of carbonyl (C=O) groups excluding carboxylic acids is 1. The molecule has 39 heavy (non-hydrogen) atoms. The van der Waals surface area contributed by atoms with Crippen molar-refractivity contribution in [1.29, 1.82) is 5.26 Å². The molecule has 1 amide bonds. The van der Waals surface area contributed by atoms with Crippen molar-refractivity contribution in [2.75, 3.05) is 37.6 Å². The molecule has 1 fully saturated rings. The van der Waals surface area contributed by atoms with Crippen LogP contribution in [0.3, 0.4) is 0 Å². The molecule has 0 bridgehead atoms. The van der Waals surface area contributed by atoms with Crippen molar-refractivity contribution in [3.63, 3.8) is 0 Å². The molecule has 0 aromatic carbocycles. The first-order valence-electron chi connectivity index (χ1n) is 12.4. The van der Waals surface area contributed by atoms with Gasteiger partial charge in [-0.25, -0.2) is 9.50 Å². The zero-order valence-corrected chi connectivity index (χ0v) is 24.1. The van der Waals surface area contributed by atoms with Crippen molar-refractivity contribution in [2.45, 2.75) is 26.3 Å². The van der Waals surface area contributed by atoms with Gasteiger partial charge in [0.15, 0.2) is 0 Å². The van der Waals surface area contributed by atoms with Gasteiger partial charge in [0.1, 0.15) is 11.9 Å². The Morgan fingerprint density at radius 2 is 1.74 bits per heavy atom. The summed E-state index contributed by atoms with van der Waals surface area (Å²) in [7, 11) is 1.88. The average Bonchev–Trinajstić information content (AvgIpc) is 3.52. The molecule has 10 nitrogen and oxygen atoms in total. The van der Waals surface area contributed by atoms with E-state index in [0.717, 1.165) is 46.7 Å². The summed E-state index contributed by atoms with van der Waals surface area (Å²) in [6, 6.07) is 8.34. The van der Waals surface area contributed by atoms with Crippen LogP contribution < -0.4 is 10.2 Å². The standard InChI is InChI=1S/C27H31N9O.2ClH/c1-27(2,3)30-16-25(37)35-9-7-34(8-10-35)24-6-5-19(13-29-24)23-11-20(22-15-31-33(4)17-22)18-36-26(23)21(12-28)14-32-36;;/h5-6,11,13-15,17-18,30H,7-10,16H2,1-4H3;2*1H. The van der Waals surface area contributed by atoms with Crippen LogP contribution in [0, 0.1) is 11.3 Å². The predicted molar refractivity (Wildman–Crippen MR) is 156 cm³/mol. The van der Waals surface area contributed by atoms with E-state index in [2.05, 4.69) is 53.3 Å². The van der Waals surface area contributed by atoms with E-state index in [1.807, 2.05) is 48.9 Å². The molecule has 0 saturated carbocycles.